The summed E-state index contributed by atoms with van der Waals surface area (Å²) in [6.45, 7) is 0.336. The molecule has 10 nitrogen and oxygen atoms in total. The van der Waals surface area contributed by atoms with Crippen molar-refractivity contribution in [1.82, 2.24) is 14.9 Å². The van der Waals surface area contributed by atoms with E-state index < -0.39 is 5.92 Å². The molecule has 0 bridgehead atoms. The van der Waals surface area contributed by atoms with Crippen LogP contribution < -0.4 is 23.7 Å². The van der Waals surface area contributed by atoms with Crippen molar-refractivity contribution in [3.8, 4) is 28.7 Å². The Balaban J connectivity index is 1.32. The molecule has 10 heteroatoms. The smallest absolute Gasteiger partial charge is 0.230 e. The fourth-order valence-electron chi connectivity index (χ4n) is 6.48. The van der Waals surface area contributed by atoms with E-state index in [4.69, 9.17) is 23.7 Å². The molecule has 1 aliphatic rings. The number of ether oxygens (including phenoxy) is 5. The zero-order chi connectivity index (χ0) is 31.7. The maximum absolute atomic E-state index is 14.0. The summed E-state index contributed by atoms with van der Waals surface area (Å²) in [6.07, 6.45) is 4.84. The van der Waals surface area contributed by atoms with Crippen molar-refractivity contribution in [3.63, 3.8) is 0 Å². The number of nitrogens with one attached hydrogen (secondary N) is 2. The highest BCUT2D eigenvalue weighted by Gasteiger charge is 2.34. The molecule has 0 aliphatic carbocycles. The molecule has 1 fully saturated rings. The van der Waals surface area contributed by atoms with Crippen molar-refractivity contribution in [2.45, 2.75) is 31.1 Å². The van der Waals surface area contributed by atoms with E-state index in [1.807, 2.05) is 60.9 Å². The van der Waals surface area contributed by atoms with Gasteiger partial charge in [0.15, 0.2) is 11.5 Å². The lowest BCUT2D eigenvalue weighted by Crippen LogP contribution is -2.42. The number of hydrogen-bond acceptors (Lipinski definition) is 7. The highest BCUT2D eigenvalue weighted by molar-refractivity contribution is 5.98. The summed E-state index contributed by atoms with van der Waals surface area (Å²) in [5.41, 5.74) is 4.63. The zero-order valence-electron chi connectivity index (χ0n) is 26.1. The highest BCUT2D eigenvalue weighted by Crippen LogP contribution is 2.44. The van der Waals surface area contributed by atoms with Gasteiger partial charge in [0.1, 0.15) is 11.5 Å². The van der Waals surface area contributed by atoms with Gasteiger partial charge >= 0.3 is 0 Å². The summed E-state index contributed by atoms with van der Waals surface area (Å²) in [4.78, 5) is 35.6. The summed E-state index contributed by atoms with van der Waals surface area (Å²) in [6, 6.07) is 15.4. The Labute approximate surface area is 261 Å². The molecule has 5 aromatic rings. The zero-order valence-corrected chi connectivity index (χ0v) is 26.1. The first-order valence-corrected chi connectivity index (χ1v) is 14.8. The molecule has 1 saturated heterocycles. The molecule has 234 valence electrons. The Kier molecular flexibility index (Phi) is 8.30. The number of rotatable bonds is 10. The number of methoxy groups -OCH3 is 5. The minimum absolute atomic E-state index is 0.00519. The normalized spacial score (nSPS) is 15.7. The largest absolute Gasteiger partial charge is 0.497 e. The predicted octanol–water partition coefficient (Wildman–Crippen LogP) is 6.15. The quantitative estimate of drug-likeness (QED) is 0.195. The molecular formula is C35H37N3O7. The van der Waals surface area contributed by atoms with Crippen LogP contribution in [-0.4, -0.2) is 68.8 Å². The van der Waals surface area contributed by atoms with Crippen molar-refractivity contribution in [1.29, 1.82) is 0 Å². The van der Waals surface area contributed by atoms with Gasteiger partial charge in [-0.1, -0.05) is 0 Å². The fourth-order valence-corrected chi connectivity index (χ4v) is 6.48. The van der Waals surface area contributed by atoms with Gasteiger partial charge in [0, 0.05) is 59.5 Å². The second-order valence-corrected chi connectivity index (χ2v) is 11.2. The van der Waals surface area contributed by atoms with Gasteiger partial charge < -0.3 is 33.7 Å². The summed E-state index contributed by atoms with van der Waals surface area (Å²) in [5, 5.41) is 1.95. The van der Waals surface area contributed by atoms with Gasteiger partial charge in [0.05, 0.1) is 35.5 Å². The number of aromatic nitrogens is 2. The third-order valence-electron chi connectivity index (χ3n) is 8.85. The fraction of sp³-hybridized carbons (Fsp3) is 0.314. The van der Waals surface area contributed by atoms with E-state index >= 15 is 0 Å². The van der Waals surface area contributed by atoms with Crippen LogP contribution in [0.2, 0.25) is 0 Å². The number of carbonyl (C=O) groups is 2. The number of fused-ring (bicyclic) bond motifs is 2. The Hall–Kier alpha value is -5.12. The number of amides is 2. The average Bonchev–Trinajstić information content (AvgIpc) is 3.69. The van der Waals surface area contributed by atoms with Crippen LogP contribution in [0.25, 0.3) is 21.8 Å². The summed E-state index contributed by atoms with van der Waals surface area (Å²) < 4.78 is 27.8. The van der Waals surface area contributed by atoms with Crippen LogP contribution in [0, 0.1) is 0 Å². The minimum atomic E-state index is -0.432. The van der Waals surface area contributed by atoms with E-state index in [1.54, 1.807) is 35.5 Å². The third kappa shape index (κ3) is 5.52. The van der Waals surface area contributed by atoms with Crippen LogP contribution in [0.3, 0.4) is 0 Å². The van der Waals surface area contributed by atoms with Crippen LogP contribution in [0.1, 0.15) is 47.8 Å². The Morgan fingerprint density at radius 2 is 1.44 bits per heavy atom. The van der Waals surface area contributed by atoms with Gasteiger partial charge in [-0.15, -0.1) is 0 Å². The van der Waals surface area contributed by atoms with Crippen molar-refractivity contribution < 1.29 is 33.3 Å². The maximum Gasteiger partial charge on any atom is 0.230 e. The van der Waals surface area contributed by atoms with Gasteiger partial charge in [0.2, 0.25) is 17.6 Å². The standard InChI is InChI=1S/C35H37N3O7/c1-41-22-6-8-29-25(15-22)27(18-36-29)20-10-11-38(33(39)14-20)34(40)17-24(21-12-31(43-3)35(45-5)32(13-21)44-4)28-19-37-30-9-7-23(42-2)16-26(28)30/h6-9,12-13,15-16,18-20,24,36-37H,10-11,14,17H2,1-5H3. The molecule has 2 aromatic heterocycles. The molecular weight excluding hydrogens is 574 g/mol. The van der Waals surface area contributed by atoms with E-state index in [0.717, 1.165) is 44.2 Å². The van der Waals surface area contributed by atoms with Gasteiger partial charge in [0.25, 0.3) is 0 Å². The van der Waals surface area contributed by atoms with Gasteiger partial charge in [-0.2, -0.15) is 0 Å². The molecule has 2 atom stereocenters. The lowest BCUT2D eigenvalue weighted by atomic mass is 9.85. The van der Waals surface area contributed by atoms with E-state index in [-0.39, 0.29) is 30.6 Å². The number of imide groups is 1. The number of nitrogens with zero attached hydrogens (tertiary/aromatic N) is 1. The van der Waals surface area contributed by atoms with Gasteiger partial charge in [-0.05, 0) is 77.6 Å². The topological polar surface area (TPSA) is 115 Å². The van der Waals surface area contributed by atoms with Gasteiger partial charge in [-0.25, -0.2) is 0 Å². The monoisotopic (exact) mass is 611 g/mol. The number of carbonyl (C=O) groups excluding carboxylic acids is 2. The second-order valence-electron chi connectivity index (χ2n) is 11.2. The number of hydrogen-bond donors (Lipinski definition) is 2. The molecule has 3 heterocycles. The summed E-state index contributed by atoms with van der Waals surface area (Å²) in [7, 11) is 7.93. The number of H-pyrrole nitrogens is 2. The number of benzene rings is 3. The second kappa shape index (κ2) is 12.5. The lowest BCUT2D eigenvalue weighted by molar-refractivity contribution is -0.147. The van der Waals surface area contributed by atoms with Crippen LogP contribution >= 0.6 is 0 Å². The average molecular weight is 612 g/mol. The molecule has 0 spiro atoms. The van der Waals surface area contributed by atoms with Crippen molar-refractivity contribution in [3.05, 3.63) is 77.6 Å². The number of piperidine rings is 1. The van der Waals surface area contributed by atoms with Crippen molar-refractivity contribution in [2.75, 3.05) is 42.1 Å². The highest BCUT2D eigenvalue weighted by atomic mass is 16.5. The predicted molar refractivity (Wildman–Crippen MR) is 171 cm³/mol. The molecule has 1 aliphatic heterocycles. The molecule has 6 rings (SSSR count). The first-order valence-electron chi connectivity index (χ1n) is 14.8. The van der Waals surface area contributed by atoms with Crippen molar-refractivity contribution >= 4 is 33.6 Å². The molecule has 2 N–H and O–H groups in total. The number of aromatic amines is 2. The summed E-state index contributed by atoms with van der Waals surface area (Å²) in [5.74, 6) is 2.02. The van der Waals surface area contributed by atoms with Gasteiger partial charge in [-0.3, -0.25) is 14.5 Å². The van der Waals surface area contributed by atoms with E-state index in [2.05, 4.69) is 9.97 Å². The van der Waals surface area contributed by atoms with Crippen LogP contribution in [0.15, 0.2) is 60.9 Å². The van der Waals surface area contributed by atoms with Crippen LogP contribution in [0.4, 0.5) is 0 Å². The molecule has 3 aromatic carbocycles. The molecule has 2 unspecified atom stereocenters. The van der Waals surface area contributed by atoms with Crippen molar-refractivity contribution in [2.24, 2.45) is 0 Å². The Morgan fingerprint density at radius 3 is 2.04 bits per heavy atom. The van der Waals surface area contributed by atoms with Crippen LogP contribution in [0.5, 0.6) is 28.7 Å². The SMILES string of the molecule is COc1ccc2[nH]cc(C3CCN(C(=O)CC(c4cc(OC)c(OC)c(OC)c4)c4c[nH]c5ccc(OC)cc45)C(=O)C3)c2c1. The van der Waals surface area contributed by atoms with E-state index in [0.29, 0.717) is 36.0 Å². The Morgan fingerprint density at radius 1 is 0.822 bits per heavy atom. The first kappa shape index (κ1) is 29.9. The minimum Gasteiger partial charge on any atom is -0.497 e. The molecule has 0 radical (unpaired) electrons. The maximum atomic E-state index is 14.0. The summed E-state index contributed by atoms with van der Waals surface area (Å²) >= 11 is 0. The molecule has 0 saturated carbocycles. The first-order chi connectivity index (χ1) is 21.9. The molecule has 45 heavy (non-hydrogen) atoms. The number of likely N-dealkylation sites (tertiary alicyclic amines) is 1. The van der Waals surface area contributed by atoms with E-state index in [9.17, 15) is 9.59 Å². The Bertz CT molecular complexity index is 1850. The third-order valence-corrected chi connectivity index (χ3v) is 8.85. The van der Waals surface area contributed by atoms with E-state index in [1.165, 1.54) is 4.90 Å². The lowest BCUT2D eigenvalue weighted by Gasteiger charge is -2.31. The van der Waals surface area contributed by atoms with Crippen LogP contribution in [-0.2, 0) is 9.59 Å². The molecule has 2 amide bonds.